The summed E-state index contributed by atoms with van der Waals surface area (Å²) < 4.78 is 88.4. The number of halogens is 7. The van der Waals surface area contributed by atoms with Gasteiger partial charge in [0, 0.05) is 6.07 Å². The molecule has 10 heteroatoms. The Morgan fingerprint density at radius 1 is 1.17 bits per heavy atom. The maximum absolute atomic E-state index is 13.1. The molecule has 0 saturated carbocycles. The molecule has 3 nitrogen and oxygen atoms in total. The number of aliphatic hydroxyl groups is 1. The lowest BCUT2D eigenvalue weighted by atomic mass is 10.2. The second-order valence-electron chi connectivity index (χ2n) is 2.98. The average molecular weight is 279 g/mol. The van der Waals surface area contributed by atoms with Crippen LogP contribution < -0.4 is 4.74 Å². The van der Waals surface area contributed by atoms with E-state index in [0.29, 0.717) is 0 Å². The van der Waals surface area contributed by atoms with Gasteiger partial charge in [0.15, 0.2) is 5.69 Å². The first-order valence-electron chi connectivity index (χ1n) is 4.18. The van der Waals surface area contributed by atoms with E-state index in [0.717, 1.165) is 0 Å². The van der Waals surface area contributed by atoms with E-state index in [1.54, 1.807) is 0 Å². The van der Waals surface area contributed by atoms with Crippen molar-refractivity contribution in [1.29, 1.82) is 0 Å². The predicted molar refractivity (Wildman–Crippen MR) is 41.8 cm³/mol. The van der Waals surface area contributed by atoms with Crippen LogP contribution in [0.15, 0.2) is 6.07 Å². The van der Waals surface area contributed by atoms with Gasteiger partial charge in [-0.2, -0.15) is 13.2 Å². The van der Waals surface area contributed by atoms with E-state index in [4.69, 9.17) is 5.11 Å². The number of alkyl halides is 6. The van der Waals surface area contributed by atoms with Crippen molar-refractivity contribution in [3.8, 4) is 5.88 Å². The lowest BCUT2D eigenvalue weighted by Gasteiger charge is -2.14. The van der Waals surface area contributed by atoms with Gasteiger partial charge in [0.1, 0.15) is 5.82 Å². The summed E-state index contributed by atoms with van der Waals surface area (Å²) in [5.41, 5.74) is -3.00. The van der Waals surface area contributed by atoms with Crippen LogP contribution in [0.25, 0.3) is 0 Å². The quantitative estimate of drug-likeness (QED) is 0.846. The summed E-state index contributed by atoms with van der Waals surface area (Å²) in [7, 11) is 0. The van der Waals surface area contributed by atoms with E-state index < -0.39 is 42.1 Å². The van der Waals surface area contributed by atoms with Crippen LogP contribution in [0.3, 0.4) is 0 Å². The third-order valence-corrected chi connectivity index (χ3v) is 1.69. The maximum Gasteiger partial charge on any atom is 0.574 e. The van der Waals surface area contributed by atoms with E-state index >= 15 is 0 Å². The van der Waals surface area contributed by atoms with Crippen molar-refractivity contribution in [3.63, 3.8) is 0 Å². The topological polar surface area (TPSA) is 42.4 Å². The van der Waals surface area contributed by atoms with Crippen molar-refractivity contribution in [2.24, 2.45) is 0 Å². The fourth-order valence-electron chi connectivity index (χ4n) is 1.00. The number of rotatable bonds is 2. The molecular weight excluding hydrogens is 275 g/mol. The van der Waals surface area contributed by atoms with Gasteiger partial charge in [-0.15, -0.1) is 13.2 Å². The molecule has 1 aromatic heterocycles. The molecule has 0 aliphatic carbocycles. The van der Waals surface area contributed by atoms with Crippen molar-refractivity contribution in [1.82, 2.24) is 4.98 Å². The average Bonchev–Trinajstić information content (AvgIpc) is 2.13. The minimum Gasteiger partial charge on any atom is -0.391 e. The van der Waals surface area contributed by atoms with E-state index in [1.807, 2.05) is 0 Å². The molecule has 0 bridgehead atoms. The van der Waals surface area contributed by atoms with Crippen LogP contribution in [0.2, 0.25) is 0 Å². The number of ether oxygens (including phenoxy) is 1. The number of pyridine rings is 1. The zero-order valence-electron chi connectivity index (χ0n) is 8.23. The summed E-state index contributed by atoms with van der Waals surface area (Å²) >= 11 is 0. The number of nitrogens with zero attached hydrogens (tertiary/aromatic N) is 1. The van der Waals surface area contributed by atoms with Crippen molar-refractivity contribution < 1.29 is 40.6 Å². The standard InChI is InChI=1S/C8H4F7NO2/c9-4-1-5(7(10,11)12)16-6(3(4)2-17)18-8(13,14)15/h1,17H,2H2. The smallest absolute Gasteiger partial charge is 0.391 e. The van der Waals surface area contributed by atoms with Gasteiger partial charge in [0.05, 0.1) is 12.2 Å². The van der Waals surface area contributed by atoms with E-state index in [-0.39, 0.29) is 6.07 Å². The number of hydrogen-bond donors (Lipinski definition) is 1. The van der Waals surface area contributed by atoms with Crippen molar-refractivity contribution >= 4 is 0 Å². The number of aliphatic hydroxyl groups excluding tert-OH is 1. The van der Waals surface area contributed by atoms with Crippen LogP contribution in [-0.4, -0.2) is 16.5 Å². The lowest BCUT2D eigenvalue weighted by molar-refractivity contribution is -0.277. The molecule has 18 heavy (non-hydrogen) atoms. The minimum atomic E-state index is -5.35. The van der Waals surface area contributed by atoms with Crippen LogP contribution >= 0.6 is 0 Å². The zero-order chi connectivity index (χ0) is 14.1. The van der Waals surface area contributed by atoms with Gasteiger partial charge in [0.2, 0.25) is 5.88 Å². The summed E-state index contributed by atoms with van der Waals surface area (Å²) in [6.07, 6.45) is -10.5. The molecule has 0 aliphatic heterocycles. The fourth-order valence-corrected chi connectivity index (χ4v) is 1.00. The molecule has 0 spiro atoms. The molecule has 1 N–H and O–H groups in total. The zero-order valence-corrected chi connectivity index (χ0v) is 8.23. The molecule has 0 aromatic carbocycles. The highest BCUT2D eigenvalue weighted by Crippen LogP contribution is 2.33. The molecule has 0 radical (unpaired) electrons. The molecule has 1 rings (SSSR count). The molecule has 0 atom stereocenters. The Morgan fingerprint density at radius 2 is 1.72 bits per heavy atom. The highest BCUT2D eigenvalue weighted by Gasteiger charge is 2.38. The fraction of sp³-hybridized carbons (Fsp3) is 0.375. The van der Waals surface area contributed by atoms with Gasteiger partial charge >= 0.3 is 12.5 Å². The van der Waals surface area contributed by atoms with Crippen molar-refractivity contribution in [2.75, 3.05) is 0 Å². The van der Waals surface area contributed by atoms with E-state index in [2.05, 4.69) is 9.72 Å². The van der Waals surface area contributed by atoms with Gasteiger partial charge in [-0.3, -0.25) is 0 Å². The van der Waals surface area contributed by atoms with Crippen LogP contribution in [0.4, 0.5) is 30.7 Å². The largest absolute Gasteiger partial charge is 0.574 e. The second kappa shape index (κ2) is 4.59. The third-order valence-electron chi connectivity index (χ3n) is 1.69. The number of hydrogen-bond acceptors (Lipinski definition) is 3. The van der Waals surface area contributed by atoms with Gasteiger partial charge in [-0.1, -0.05) is 0 Å². The molecule has 1 aromatic rings. The highest BCUT2D eigenvalue weighted by atomic mass is 19.4. The monoisotopic (exact) mass is 279 g/mol. The summed E-state index contributed by atoms with van der Waals surface area (Å²) in [6, 6.07) is -0.130. The maximum atomic E-state index is 13.1. The van der Waals surface area contributed by atoms with Crippen LogP contribution in [0, 0.1) is 5.82 Å². The Bertz CT molecular complexity index is 440. The molecule has 1 heterocycles. The van der Waals surface area contributed by atoms with E-state index in [1.165, 1.54) is 0 Å². The number of aromatic nitrogens is 1. The normalized spacial score (nSPS) is 12.7. The molecule has 0 aliphatic rings. The molecule has 0 unspecified atom stereocenters. The third kappa shape index (κ3) is 3.45. The summed E-state index contributed by atoms with van der Waals surface area (Å²) in [4.78, 5) is 2.49. The van der Waals surface area contributed by atoms with Gasteiger partial charge < -0.3 is 9.84 Å². The molecule has 0 fully saturated rings. The first-order valence-corrected chi connectivity index (χ1v) is 4.18. The summed E-state index contributed by atoms with van der Waals surface area (Å²) in [6.45, 7) is -1.29. The first-order chi connectivity index (χ1) is 8.04. The van der Waals surface area contributed by atoms with Gasteiger partial charge in [-0.05, 0) is 0 Å². The van der Waals surface area contributed by atoms with E-state index in [9.17, 15) is 30.7 Å². The Balaban J connectivity index is 3.33. The Labute approximate surface area is 94.8 Å². The summed E-state index contributed by atoms with van der Waals surface area (Å²) in [5.74, 6) is -3.36. The Kier molecular flexibility index (Phi) is 3.70. The van der Waals surface area contributed by atoms with Crippen molar-refractivity contribution in [3.05, 3.63) is 23.1 Å². The SMILES string of the molecule is OCc1c(F)cc(C(F)(F)F)nc1OC(F)(F)F. The Morgan fingerprint density at radius 3 is 2.11 bits per heavy atom. The van der Waals surface area contributed by atoms with Gasteiger partial charge in [0.25, 0.3) is 0 Å². The predicted octanol–water partition coefficient (Wildman–Crippen LogP) is 2.63. The molecule has 102 valence electrons. The molecule has 0 amide bonds. The molecule has 0 saturated heterocycles. The van der Waals surface area contributed by atoms with Crippen molar-refractivity contribution in [2.45, 2.75) is 19.1 Å². The second-order valence-corrected chi connectivity index (χ2v) is 2.98. The van der Waals surface area contributed by atoms with Gasteiger partial charge in [-0.25, -0.2) is 9.37 Å². The molecular formula is C8H4F7NO2. The van der Waals surface area contributed by atoms with Crippen LogP contribution in [0.5, 0.6) is 5.88 Å². The van der Waals surface area contributed by atoms with Crippen LogP contribution in [0.1, 0.15) is 11.3 Å². The first kappa shape index (κ1) is 14.5. The highest BCUT2D eigenvalue weighted by molar-refractivity contribution is 5.30. The minimum absolute atomic E-state index is 0.130. The summed E-state index contributed by atoms with van der Waals surface area (Å²) in [5, 5.41) is 8.58. The Hall–Kier alpha value is -1.58. The lowest BCUT2D eigenvalue weighted by Crippen LogP contribution is -2.21. The van der Waals surface area contributed by atoms with Crippen LogP contribution in [-0.2, 0) is 12.8 Å².